The van der Waals surface area contributed by atoms with Crippen LogP contribution in [0.5, 0.6) is 0 Å². The summed E-state index contributed by atoms with van der Waals surface area (Å²) in [6, 6.07) is 9.72. The third kappa shape index (κ3) is 2.41. The average molecular weight is 302 g/mol. The maximum absolute atomic E-state index is 10.8. The summed E-state index contributed by atoms with van der Waals surface area (Å²) in [5.41, 5.74) is 2.11. The molecule has 0 saturated carbocycles. The Hall–Kier alpha value is -1.91. The summed E-state index contributed by atoms with van der Waals surface area (Å²) >= 11 is 6.22. The van der Waals surface area contributed by atoms with Crippen molar-refractivity contribution in [1.82, 2.24) is 14.8 Å². The van der Waals surface area contributed by atoms with Crippen LogP contribution in [0.1, 0.15) is 37.3 Å². The number of halogens is 1. The molecular weight excluding hydrogens is 286 g/mol. The lowest BCUT2D eigenvalue weighted by Crippen LogP contribution is -2.13. The van der Waals surface area contributed by atoms with Crippen LogP contribution in [0.25, 0.3) is 10.9 Å². The molecule has 4 nitrogen and oxygen atoms in total. The van der Waals surface area contributed by atoms with E-state index in [0.29, 0.717) is 10.7 Å². The van der Waals surface area contributed by atoms with Crippen molar-refractivity contribution in [3.63, 3.8) is 0 Å². The number of hydrogen-bond acceptors (Lipinski definition) is 3. The van der Waals surface area contributed by atoms with Crippen LogP contribution in [-0.2, 0) is 0 Å². The van der Waals surface area contributed by atoms with Crippen molar-refractivity contribution < 1.29 is 5.11 Å². The van der Waals surface area contributed by atoms with E-state index in [1.807, 2.05) is 44.2 Å². The molecule has 0 aliphatic heterocycles. The van der Waals surface area contributed by atoms with E-state index in [0.717, 1.165) is 16.5 Å². The van der Waals surface area contributed by atoms with E-state index >= 15 is 0 Å². The van der Waals surface area contributed by atoms with Crippen molar-refractivity contribution in [3.05, 3.63) is 59.0 Å². The van der Waals surface area contributed by atoms with Gasteiger partial charge >= 0.3 is 0 Å². The van der Waals surface area contributed by atoms with Gasteiger partial charge in [0.25, 0.3) is 0 Å². The third-order valence-corrected chi connectivity index (χ3v) is 3.78. The normalized spacial score (nSPS) is 13.0. The molecule has 3 aromatic rings. The van der Waals surface area contributed by atoms with Crippen LogP contribution in [0, 0.1) is 0 Å². The predicted octanol–water partition coefficient (Wildman–Crippen LogP) is 3.75. The van der Waals surface area contributed by atoms with Crippen molar-refractivity contribution in [2.45, 2.75) is 26.0 Å². The van der Waals surface area contributed by atoms with Gasteiger partial charge in [0.1, 0.15) is 6.10 Å². The zero-order valence-corrected chi connectivity index (χ0v) is 12.6. The van der Waals surface area contributed by atoms with Crippen LogP contribution in [0.15, 0.2) is 42.7 Å². The molecule has 0 bridgehead atoms. The van der Waals surface area contributed by atoms with E-state index in [1.54, 1.807) is 17.1 Å². The Kier molecular flexibility index (Phi) is 3.66. The van der Waals surface area contributed by atoms with Crippen LogP contribution in [0.4, 0.5) is 0 Å². The van der Waals surface area contributed by atoms with Crippen LogP contribution < -0.4 is 0 Å². The van der Waals surface area contributed by atoms with Gasteiger partial charge in [-0.3, -0.25) is 9.67 Å². The van der Waals surface area contributed by atoms with E-state index in [2.05, 4.69) is 10.1 Å². The molecule has 0 aliphatic rings. The maximum Gasteiger partial charge on any atom is 0.124 e. The molecule has 3 rings (SSSR count). The number of rotatable bonds is 3. The minimum absolute atomic E-state index is 0.116. The number of para-hydroxylation sites is 1. The largest absolute Gasteiger partial charge is 0.382 e. The Morgan fingerprint density at radius 1 is 1.19 bits per heavy atom. The zero-order chi connectivity index (χ0) is 15.0. The molecule has 21 heavy (non-hydrogen) atoms. The van der Waals surface area contributed by atoms with Crippen LogP contribution in [-0.4, -0.2) is 19.9 Å². The van der Waals surface area contributed by atoms with Crippen LogP contribution >= 0.6 is 11.6 Å². The molecule has 0 fully saturated rings. The Labute approximate surface area is 128 Å². The lowest BCUT2D eigenvalue weighted by Gasteiger charge is -2.18. The first-order valence-electron chi connectivity index (χ1n) is 6.84. The lowest BCUT2D eigenvalue weighted by atomic mass is 10.0. The fourth-order valence-electron chi connectivity index (χ4n) is 2.51. The number of pyridine rings is 1. The van der Waals surface area contributed by atoms with Crippen molar-refractivity contribution in [2.75, 3.05) is 0 Å². The highest BCUT2D eigenvalue weighted by molar-refractivity contribution is 6.31. The Morgan fingerprint density at radius 3 is 2.71 bits per heavy atom. The second kappa shape index (κ2) is 5.47. The second-order valence-corrected chi connectivity index (χ2v) is 5.65. The predicted molar refractivity (Wildman–Crippen MR) is 83.4 cm³/mol. The molecule has 1 N–H and O–H groups in total. The monoisotopic (exact) mass is 301 g/mol. The van der Waals surface area contributed by atoms with Crippen LogP contribution in [0.3, 0.4) is 0 Å². The van der Waals surface area contributed by atoms with Gasteiger partial charge in [0.2, 0.25) is 0 Å². The van der Waals surface area contributed by atoms with Gasteiger partial charge < -0.3 is 5.11 Å². The van der Waals surface area contributed by atoms with Crippen molar-refractivity contribution in [3.8, 4) is 0 Å². The summed E-state index contributed by atoms with van der Waals surface area (Å²) in [5, 5.41) is 16.5. The van der Waals surface area contributed by atoms with Gasteiger partial charge in [0.15, 0.2) is 0 Å². The number of aliphatic hydroxyl groups is 1. The summed E-state index contributed by atoms with van der Waals surface area (Å²) in [5.74, 6) is 0. The number of nitrogens with zero attached hydrogens (tertiary/aromatic N) is 3. The molecular formula is C16H16ClN3O. The highest BCUT2D eigenvalue weighted by Crippen LogP contribution is 2.32. The SMILES string of the molecule is CC(C)n1ncc(Cl)c1C(O)c1cccc2cccnc12. The summed E-state index contributed by atoms with van der Waals surface area (Å²) in [4.78, 5) is 4.38. The second-order valence-electron chi connectivity index (χ2n) is 5.24. The van der Waals surface area contributed by atoms with Gasteiger partial charge in [-0.1, -0.05) is 35.9 Å². The molecule has 2 aromatic heterocycles. The van der Waals surface area contributed by atoms with Crippen LogP contribution in [0.2, 0.25) is 5.02 Å². The van der Waals surface area contributed by atoms with Gasteiger partial charge in [-0.2, -0.15) is 5.10 Å². The Bertz CT molecular complexity index is 777. The first-order chi connectivity index (χ1) is 10.1. The molecule has 1 unspecified atom stereocenters. The van der Waals surface area contributed by atoms with Crippen molar-refractivity contribution >= 4 is 22.5 Å². The van der Waals surface area contributed by atoms with Gasteiger partial charge in [0.05, 0.1) is 22.4 Å². The fourth-order valence-corrected chi connectivity index (χ4v) is 2.75. The highest BCUT2D eigenvalue weighted by atomic mass is 35.5. The van der Waals surface area contributed by atoms with Gasteiger partial charge in [-0.15, -0.1) is 0 Å². The minimum Gasteiger partial charge on any atom is -0.382 e. The third-order valence-electron chi connectivity index (χ3n) is 3.49. The molecule has 2 heterocycles. The molecule has 0 saturated heterocycles. The Morgan fingerprint density at radius 2 is 1.95 bits per heavy atom. The average Bonchev–Trinajstić information content (AvgIpc) is 2.88. The smallest absolute Gasteiger partial charge is 0.124 e. The highest BCUT2D eigenvalue weighted by Gasteiger charge is 2.23. The molecule has 0 amide bonds. The quantitative estimate of drug-likeness (QED) is 0.801. The summed E-state index contributed by atoms with van der Waals surface area (Å²) in [7, 11) is 0. The number of aromatic nitrogens is 3. The Balaban J connectivity index is 2.17. The van der Waals surface area contributed by atoms with E-state index in [9.17, 15) is 5.11 Å². The van der Waals surface area contributed by atoms with Gasteiger partial charge in [-0.05, 0) is 19.9 Å². The van der Waals surface area contributed by atoms with E-state index in [4.69, 9.17) is 11.6 Å². The number of aliphatic hydroxyl groups excluding tert-OH is 1. The summed E-state index contributed by atoms with van der Waals surface area (Å²) in [6.45, 7) is 4.00. The molecule has 108 valence electrons. The standard InChI is InChI=1S/C16H16ClN3O/c1-10(2)20-15(13(17)9-19-20)16(21)12-7-3-5-11-6-4-8-18-14(11)12/h3-10,16,21H,1-2H3. The summed E-state index contributed by atoms with van der Waals surface area (Å²) < 4.78 is 1.74. The van der Waals surface area contributed by atoms with E-state index in [-0.39, 0.29) is 6.04 Å². The molecule has 0 spiro atoms. The molecule has 0 radical (unpaired) electrons. The van der Waals surface area contributed by atoms with Gasteiger partial charge in [-0.25, -0.2) is 0 Å². The van der Waals surface area contributed by atoms with Crippen molar-refractivity contribution in [1.29, 1.82) is 0 Å². The number of benzene rings is 1. The van der Waals surface area contributed by atoms with E-state index < -0.39 is 6.10 Å². The molecule has 0 aliphatic carbocycles. The first kappa shape index (κ1) is 14.0. The molecule has 1 aromatic carbocycles. The summed E-state index contributed by atoms with van der Waals surface area (Å²) in [6.07, 6.45) is 2.43. The maximum atomic E-state index is 10.8. The topological polar surface area (TPSA) is 50.9 Å². The molecule has 1 atom stereocenters. The number of fused-ring (bicyclic) bond motifs is 1. The first-order valence-corrected chi connectivity index (χ1v) is 7.22. The minimum atomic E-state index is -0.860. The van der Waals surface area contributed by atoms with Gasteiger partial charge in [0, 0.05) is 23.2 Å². The zero-order valence-electron chi connectivity index (χ0n) is 11.9. The van der Waals surface area contributed by atoms with E-state index in [1.165, 1.54) is 0 Å². The molecule has 5 heteroatoms. The lowest BCUT2D eigenvalue weighted by molar-refractivity contribution is 0.206. The van der Waals surface area contributed by atoms with Crippen molar-refractivity contribution in [2.24, 2.45) is 0 Å². The fraction of sp³-hybridized carbons (Fsp3) is 0.250. The number of hydrogen-bond donors (Lipinski definition) is 1.